The Bertz CT molecular complexity index is 555. The molecule has 0 aromatic heterocycles. The predicted molar refractivity (Wildman–Crippen MR) is 75.0 cm³/mol. The second kappa shape index (κ2) is 6.42. The fraction of sp³-hybridized carbons (Fsp3) is 0.417. The number of hydrogen-bond acceptors (Lipinski definition) is 6. The molecule has 0 saturated heterocycles. The van der Waals surface area contributed by atoms with Gasteiger partial charge in [0.25, 0.3) is 0 Å². The van der Waals surface area contributed by atoms with Crippen LogP contribution in [0.25, 0.3) is 0 Å². The zero-order chi connectivity index (χ0) is 14.5. The first-order valence-electron chi connectivity index (χ1n) is 5.81. The Kier molecular flexibility index (Phi) is 5.17. The molecule has 0 heterocycles. The molecule has 0 aliphatic rings. The van der Waals surface area contributed by atoms with Crippen molar-refractivity contribution in [2.24, 2.45) is 0 Å². The molecule has 0 saturated carbocycles. The van der Waals surface area contributed by atoms with Crippen LogP contribution in [0.2, 0.25) is 0 Å². The van der Waals surface area contributed by atoms with Gasteiger partial charge < -0.3 is 15.8 Å². The molecule has 0 aliphatic heterocycles. The van der Waals surface area contributed by atoms with E-state index in [0.717, 1.165) is 0 Å². The van der Waals surface area contributed by atoms with Crippen LogP contribution in [0.15, 0.2) is 18.2 Å². The van der Waals surface area contributed by atoms with Crippen LogP contribution >= 0.6 is 0 Å². The lowest BCUT2D eigenvalue weighted by Gasteiger charge is -2.11. The van der Waals surface area contributed by atoms with Crippen molar-refractivity contribution in [1.82, 2.24) is 0 Å². The van der Waals surface area contributed by atoms with Crippen LogP contribution in [0.5, 0.6) is 0 Å². The number of methoxy groups -OCH3 is 1. The van der Waals surface area contributed by atoms with Crippen molar-refractivity contribution in [3.05, 3.63) is 23.8 Å². The number of nitrogens with two attached hydrogens (primary N) is 1. The van der Waals surface area contributed by atoms with Crippen LogP contribution in [-0.4, -0.2) is 39.5 Å². The number of hydrogen-bond donors (Lipinski definition) is 2. The first-order chi connectivity index (χ1) is 8.89. The van der Waals surface area contributed by atoms with E-state index in [2.05, 4.69) is 10.1 Å². The summed E-state index contributed by atoms with van der Waals surface area (Å²) in [6, 6.07) is 4.74. The summed E-state index contributed by atoms with van der Waals surface area (Å²) in [6.07, 6.45) is 0. The fourth-order valence-corrected chi connectivity index (χ4v) is 2.18. The summed E-state index contributed by atoms with van der Waals surface area (Å²) in [5.74, 6) is -0.414. The summed E-state index contributed by atoms with van der Waals surface area (Å²) >= 11 is 0. The van der Waals surface area contributed by atoms with Crippen molar-refractivity contribution in [3.8, 4) is 0 Å². The Morgan fingerprint density at radius 1 is 1.42 bits per heavy atom. The summed E-state index contributed by atoms with van der Waals surface area (Å²) < 4.78 is 27.4. The van der Waals surface area contributed by atoms with Gasteiger partial charge in [-0.1, -0.05) is 6.92 Å². The van der Waals surface area contributed by atoms with Crippen molar-refractivity contribution in [2.45, 2.75) is 6.92 Å². The highest BCUT2D eigenvalue weighted by Gasteiger charge is 2.13. The smallest absolute Gasteiger partial charge is 0.340 e. The Morgan fingerprint density at radius 2 is 2.11 bits per heavy atom. The van der Waals surface area contributed by atoms with Gasteiger partial charge in [-0.15, -0.1) is 0 Å². The molecule has 7 heteroatoms. The number of nitrogens with one attached hydrogen (secondary N) is 1. The molecule has 1 aromatic carbocycles. The molecule has 0 aliphatic carbocycles. The summed E-state index contributed by atoms with van der Waals surface area (Å²) in [5.41, 5.74) is 6.84. The summed E-state index contributed by atoms with van der Waals surface area (Å²) in [4.78, 5) is 11.6. The zero-order valence-electron chi connectivity index (χ0n) is 11.0. The van der Waals surface area contributed by atoms with Gasteiger partial charge in [0.15, 0.2) is 9.84 Å². The zero-order valence-corrected chi connectivity index (χ0v) is 11.8. The molecule has 0 bridgehead atoms. The summed E-state index contributed by atoms with van der Waals surface area (Å²) in [7, 11) is -1.77. The third kappa shape index (κ3) is 4.44. The molecule has 106 valence electrons. The lowest BCUT2D eigenvalue weighted by molar-refractivity contribution is 0.0602. The monoisotopic (exact) mass is 286 g/mol. The summed E-state index contributed by atoms with van der Waals surface area (Å²) in [5, 5.41) is 2.91. The third-order valence-electron chi connectivity index (χ3n) is 2.62. The topological polar surface area (TPSA) is 98.5 Å². The number of rotatable bonds is 6. The highest BCUT2D eigenvalue weighted by molar-refractivity contribution is 7.91. The van der Waals surface area contributed by atoms with E-state index in [1.165, 1.54) is 13.2 Å². The van der Waals surface area contributed by atoms with Gasteiger partial charge >= 0.3 is 5.97 Å². The molecule has 6 nitrogen and oxygen atoms in total. The fourth-order valence-electron chi connectivity index (χ4n) is 1.48. The Morgan fingerprint density at radius 3 is 2.68 bits per heavy atom. The maximum absolute atomic E-state index is 11.6. The van der Waals surface area contributed by atoms with E-state index in [1.54, 1.807) is 19.1 Å². The maximum Gasteiger partial charge on any atom is 0.340 e. The Balaban J connectivity index is 2.81. The highest BCUT2D eigenvalue weighted by Crippen LogP contribution is 2.19. The average molecular weight is 286 g/mol. The number of anilines is 2. The molecule has 0 amide bonds. The van der Waals surface area contributed by atoms with Crippen molar-refractivity contribution >= 4 is 27.2 Å². The SMILES string of the molecule is CCS(=O)(=O)CCNc1ccc(N)cc1C(=O)OC. The second-order valence-corrected chi connectivity index (χ2v) is 6.43. The van der Waals surface area contributed by atoms with Crippen molar-refractivity contribution < 1.29 is 17.9 Å². The van der Waals surface area contributed by atoms with Gasteiger partial charge in [0, 0.05) is 23.7 Å². The summed E-state index contributed by atoms with van der Waals surface area (Å²) in [6.45, 7) is 1.82. The molecule has 1 aromatic rings. The number of ether oxygens (including phenoxy) is 1. The Labute approximate surface area is 112 Å². The molecule has 3 N–H and O–H groups in total. The van der Waals surface area contributed by atoms with Gasteiger partial charge in [-0.25, -0.2) is 13.2 Å². The van der Waals surface area contributed by atoms with E-state index in [1.807, 2.05) is 0 Å². The number of carbonyl (C=O) groups excluding carboxylic acids is 1. The van der Waals surface area contributed by atoms with Crippen LogP contribution in [0.1, 0.15) is 17.3 Å². The van der Waals surface area contributed by atoms with Crippen LogP contribution in [-0.2, 0) is 14.6 Å². The predicted octanol–water partition coefficient (Wildman–Crippen LogP) is 0.902. The number of esters is 1. The molecule has 0 unspecified atom stereocenters. The van der Waals surface area contributed by atoms with Crippen LogP contribution in [0.4, 0.5) is 11.4 Å². The largest absolute Gasteiger partial charge is 0.465 e. The van der Waals surface area contributed by atoms with Crippen molar-refractivity contribution in [3.63, 3.8) is 0 Å². The van der Waals surface area contributed by atoms with Gasteiger partial charge in [-0.3, -0.25) is 0 Å². The molecule has 0 spiro atoms. The van der Waals surface area contributed by atoms with Crippen LogP contribution < -0.4 is 11.1 Å². The lowest BCUT2D eigenvalue weighted by atomic mass is 10.1. The van der Waals surface area contributed by atoms with Crippen molar-refractivity contribution in [1.29, 1.82) is 0 Å². The number of nitrogen functional groups attached to an aromatic ring is 1. The quantitative estimate of drug-likeness (QED) is 0.595. The van der Waals surface area contributed by atoms with Gasteiger partial charge in [-0.05, 0) is 18.2 Å². The average Bonchev–Trinajstić information content (AvgIpc) is 2.39. The highest BCUT2D eigenvalue weighted by atomic mass is 32.2. The number of carbonyl (C=O) groups is 1. The first kappa shape index (κ1) is 15.3. The van der Waals surface area contributed by atoms with E-state index in [0.29, 0.717) is 11.4 Å². The van der Waals surface area contributed by atoms with Gasteiger partial charge in [-0.2, -0.15) is 0 Å². The Hall–Kier alpha value is -1.76. The minimum atomic E-state index is -3.04. The molecule has 1 rings (SSSR count). The molecular weight excluding hydrogens is 268 g/mol. The molecular formula is C12H18N2O4S. The molecule has 19 heavy (non-hydrogen) atoms. The minimum absolute atomic E-state index is 0.00842. The van der Waals surface area contributed by atoms with E-state index in [-0.39, 0.29) is 23.6 Å². The van der Waals surface area contributed by atoms with Gasteiger partial charge in [0.2, 0.25) is 0 Å². The molecule has 0 fully saturated rings. The van der Waals surface area contributed by atoms with E-state index < -0.39 is 15.8 Å². The second-order valence-electron chi connectivity index (χ2n) is 3.96. The van der Waals surface area contributed by atoms with E-state index in [4.69, 9.17) is 5.73 Å². The molecule has 0 radical (unpaired) electrons. The maximum atomic E-state index is 11.6. The standard InChI is InChI=1S/C12H18N2O4S/c1-3-19(16,17)7-6-14-11-5-4-9(13)8-10(11)12(15)18-2/h4-5,8,14H,3,6-7,13H2,1-2H3. The van der Waals surface area contributed by atoms with Gasteiger partial charge in [0.1, 0.15) is 0 Å². The van der Waals surface area contributed by atoms with Crippen LogP contribution in [0.3, 0.4) is 0 Å². The van der Waals surface area contributed by atoms with Crippen molar-refractivity contribution in [2.75, 3.05) is 36.2 Å². The minimum Gasteiger partial charge on any atom is -0.465 e. The van der Waals surface area contributed by atoms with E-state index in [9.17, 15) is 13.2 Å². The number of sulfone groups is 1. The third-order valence-corrected chi connectivity index (χ3v) is 4.32. The van der Waals surface area contributed by atoms with Crippen LogP contribution in [0, 0.1) is 0 Å². The van der Waals surface area contributed by atoms with E-state index >= 15 is 0 Å². The van der Waals surface area contributed by atoms with Gasteiger partial charge in [0.05, 0.1) is 18.4 Å². The lowest BCUT2D eigenvalue weighted by Crippen LogP contribution is -2.18. The number of benzene rings is 1. The normalized spacial score (nSPS) is 11.1. The first-order valence-corrected chi connectivity index (χ1v) is 7.64. The molecule has 0 atom stereocenters.